The molecular weight excluding hydrogens is 280 g/mol. The number of hydrogen-bond donors (Lipinski definition) is 1. The van der Waals surface area contributed by atoms with Crippen molar-refractivity contribution in [3.8, 4) is 11.5 Å². The first-order chi connectivity index (χ1) is 10.8. The number of rotatable bonds is 6. The van der Waals surface area contributed by atoms with Crippen molar-refractivity contribution in [2.45, 2.75) is 19.3 Å². The lowest BCUT2D eigenvalue weighted by Crippen LogP contribution is -1.94. The Kier molecular flexibility index (Phi) is 4.34. The van der Waals surface area contributed by atoms with E-state index in [1.807, 2.05) is 54.6 Å². The molecule has 1 N–H and O–H groups in total. The Balaban J connectivity index is 1.52. The molecule has 0 saturated heterocycles. The van der Waals surface area contributed by atoms with Crippen LogP contribution >= 0.6 is 0 Å². The van der Waals surface area contributed by atoms with Gasteiger partial charge < -0.3 is 9.15 Å². The van der Waals surface area contributed by atoms with Gasteiger partial charge in [-0.2, -0.15) is 0 Å². The molecule has 0 atom stereocenters. The van der Waals surface area contributed by atoms with E-state index in [9.17, 15) is 4.79 Å². The number of benzene rings is 2. The number of nitrogens with one attached hydrogen (secondary N) is 1. The zero-order valence-electron chi connectivity index (χ0n) is 12.0. The lowest BCUT2D eigenvalue weighted by molar-refractivity contribution is 0.456. The van der Waals surface area contributed by atoms with Crippen molar-refractivity contribution in [1.82, 2.24) is 10.2 Å². The van der Waals surface area contributed by atoms with Gasteiger partial charge in [-0.1, -0.05) is 30.3 Å². The molecule has 2 aromatic carbocycles. The monoisotopic (exact) mass is 296 g/mol. The average molecular weight is 296 g/mol. The summed E-state index contributed by atoms with van der Waals surface area (Å²) in [5.41, 5.74) is 1.21. The van der Waals surface area contributed by atoms with Gasteiger partial charge >= 0.3 is 5.76 Å². The highest BCUT2D eigenvalue weighted by Gasteiger charge is 2.02. The van der Waals surface area contributed by atoms with Gasteiger partial charge in [0.15, 0.2) is 0 Å². The summed E-state index contributed by atoms with van der Waals surface area (Å²) in [6.45, 7) is 0. The van der Waals surface area contributed by atoms with E-state index in [0.29, 0.717) is 12.3 Å². The van der Waals surface area contributed by atoms with Crippen LogP contribution in [0.2, 0.25) is 0 Å². The van der Waals surface area contributed by atoms with Crippen molar-refractivity contribution in [1.29, 1.82) is 0 Å². The summed E-state index contributed by atoms with van der Waals surface area (Å²) in [6.07, 6.45) is 2.40. The van der Waals surface area contributed by atoms with Crippen molar-refractivity contribution in [2.24, 2.45) is 0 Å². The predicted molar refractivity (Wildman–Crippen MR) is 82.1 cm³/mol. The Labute approximate surface area is 127 Å². The van der Waals surface area contributed by atoms with Crippen molar-refractivity contribution in [3.63, 3.8) is 0 Å². The molecule has 0 spiro atoms. The Hall–Kier alpha value is -2.82. The molecule has 3 rings (SSSR count). The van der Waals surface area contributed by atoms with Gasteiger partial charge in [0.2, 0.25) is 5.89 Å². The first-order valence-electron chi connectivity index (χ1n) is 7.16. The maximum atomic E-state index is 10.8. The molecule has 0 amide bonds. The average Bonchev–Trinajstić information content (AvgIpc) is 2.96. The number of nitrogens with zero attached hydrogens (tertiary/aromatic N) is 1. The van der Waals surface area contributed by atoms with Crippen molar-refractivity contribution < 1.29 is 9.15 Å². The second-order valence-electron chi connectivity index (χ2n) is 4.92. The molecule has 0 fully saturated rings. The molecule has 112 valence electrons. The third-order valence-electron chi connectivity index (χ3n) is 3.24. The number of H-pyrrole nitrogens is 1. The Morgan fingerprint density at radius 1 is 0.955 bits per heavy atom. The minimum Gasteiger partial charge on any atom is -0.457 e. The van der Waals surface area contributed by atoms with Crippen LogP contribution in [0.1, 0.15) is 17.9 Å². The van der Waals surface area contributed by atoms with E-state index in [-0.39, 0.29) is 0 Å². The zero-order valence-corrected chi connectivity index (χ0v) is 12.0. The Morgan fingerprint density at radius 2 is 1.68 bits per heavy atom. The summed E-state index contributed by atoms with van der Waals surface area (Å²) in [6, 6.07) is 17.7. The van der Waals surface area contributed by atoms with Gasteiger partial charge in [-0.25, -0.2) is 9.89 Å². The summed E-state index contributed by atoms with van der Waals surface area (Å²) < 4.78 is 10.6. The minimum absolute atomic E-state index is 0.453. The molecule has 1 heterocycles. The molecule has 0 aliphatic heterocycles. The molecule has 5 nitrogen and oxygen atoms in total. The molecule has 5 heteroatoms. The third kappa shape index (κ3) is 3.85. The number of para-hydroxylation sites is 1. The summed E-state index contributed by atoms with van der Waals surface area (Å²) in [4.78, 5) is 10.8. The molecule has 1 aromatic heterocycles. The van der Waals surface area contributed by atoms with Crippen molar-refractivity contribution in [2.75, 3.05) is 0 Å². The van der Waals surface area contributed by atoms with Gasteiger partial charge in [0.25, 0.3) is 0 Å². The smallest absolute Gasteiger partial charge is 0.434 e. The zero-order chi connectivity index (χ0) is 15.2. The molecule has 0 bridgehead atoms. The first kappa shape index (κ1) is 14.1. The highest BCUT2D eigenvalue weighted by atomic mass is 16.5. The molecule has 0 aliphatic carbocycles. The highest BCUT2D eigenvalue weighted by molar-refractivity contribution is 5.32. The number of aryl methyl sites for hydroxylation is 2. The quantitative estimate of drug-likeness (QED) is 0.757. The van der Waals surface area contributed by atoms with Crippen LogP contribution in [-0.2, 0) is 12.8 Å². The predicted octanol–water partition coefficient (Wildman–Crippen LogP) is 3.33. The Bertz CT molecular complexity index is 760. The molecular formula is C17H16N2O3. The molecule has 0 unspecified atom stereocenters. The van der Waals surface area contributed by atoms with Crippen LogP contribution in [0.25, 0.3) is 0 Å². The van der Waals surface area contributed by atoms with Crippen LogP contribution in [0.4, 0.5) is 0 Å². The van der Waals surface area contributed by atoms with Gasteiger partial charge in [0, 0.05) is 6.42 Å². The van der Waals surface area contributed by atoms with Crippen LogP contribution in [0, 0.1) is 0 Å². The summed E-state index contributed by atoms with van der Waals surface area (Å²) in [5, 5.41) is 6.04. The Morgan fingerprint density at radius 3 is 2.36 bits per heavy atom. The first-order valence-corrected chi connectivity index (χ1v) is 7.16. The van der Waals surface area contributed by atoms with Crippen LogP contribution in [0.5, 0.6) is 11.5 Å². The second-order valence-corrected chi connectivity index (χ2v) is 4.92. The molecule has 0 radical (unpaired) electrons. The second kappa shape index (κ2) is 6.76. The number of aromatic nitrogens is 2. The lowest BCUT2D eigenvalue weighted by Gasteiger charge is -2.06. The van der Waals surface area contributed by atoms with Gasteiger partial charge in [0.1, 0.15) is 11.5 Å². The molecule has 0 aliphatic rings. The van der Waals surface area contributed by atoms with Crippen molar-refractivity contribution >= 4 is 0 Å². The molecule has 0 saturated carbocycles. The summed E-state index contributed by atoms with van der Waals surface area (Å²) >= 11 is 0. The fourth-order valence-corrected chi connectivity index (χ4v) is 2.16. The van der Waals surface area contributed by atoms with Crippen LogP contribution in [-0.4, -0.2) is 10.2 Å². The SMILES string of the molecule is O=c1[nH]nc(CCCc2ccc(Oc3ccccc3)cc2)o1. The van der Waals surface area contributed by atoms with E-state index < -0.39 is 5.76 Å². The summed E-state index contributed by atoms with van der Waals surface area (Å²) in [5.74, 6) is 1.59. The molecule has 3 aromatic rings. The lowest BCUT2D eigenvalue weighted by atomic mass is 10.1. The van der Waals surface area contributed by atoms with Crippen LogP contribution in [0.15, 0.2) is 63.8 Å². The standard InChI is InChI=1S/C17H16N2O3/c20-17-19-18-16(22-17)8-4-5-13-9-11-15(12-10-13)21-14-6-2-1-3-7-14/h1-3,6-7,9-12H,4-5,8H2,(H,19,20). The topological polar surface area (TPSA) is 68.1 Å². The number of ether oxygens (including phenoxy) is 1. The third-order valence-corrected chi connectivity index (χ3v) is 3.24. The van der Waals surface area contributed by atoms with Gasteiger partial charge in [0.05, 0.1) is 0 Å². The number of aromatic amines is 1. The van der Waals surface area contributed by atoms with Gasteiger partial charge in [-0.05, 0) is 42.7 Å². The van der Waals surface area contributed by atoms with Crippen molar-refractivity contribution in [3.05, 3.63) is 76.6 Å². The van der Waals surface area contributed by atoms with Gasteiger partial charge in [-0.15, -0.1) is 5.10 Å². The maximum Gasteiger partial charge on any atom is 0.434 e. The van der Waals surface area contributed by atoms with E-state index in [1.54, 1.807) is 0 Å². The van der Waals surface area contributed by atoms with Crippen LogP contribution in [0.3, 0.4) is 0 Å². The maximum absolute atomic E-state index is 10.8. The van der Waals surface area contributed by atoms with E-state index in [1.165, 1.54) is 5.56 Å². The van der Waals surface area contributed by atoms with E-state index in [4.69, 9.17) is 9.15 Å². The molecule has 22 heavy (non-hydrogen) atoms. The van der Waals surface area contributed by atoms with E-state index in [0.717, 1.165) is 24.3 Å². The summed E-state index contributed by atoms with van der Waals surface area (Å²) in [7, 11) is 0. The van der Waals surface area contributed by atoms with E-state index >= 15 is 0 Å². The highest BCUT2D eigenvalue weighted by Crippen LogP contribution is 2.21. The largest absolute Gasteiger partial charge is 0.457 e. The number of hydrogen-bond acceptors (Lipinski definition) is 4. The van der Waals surface area contributed by atoms with Crippen LogP contribution < -0.4 is 10.5 Å². The fraction of sp³-hybridized carbons (Fsp3) is 0.176. The normalized spacial score (nSPS) is 10.5. The van der Waals surface area contributed by atoms with Gasteiger partial charge in [-0.3, -0.25) is 0 Å². The minimum atomic E-state index is -0.502. The van der Waals surface area contributed by atoms with E-state index in [2.05, 4.69) is 10.2 Å². The fourth-order valence-electron chi connectivity index (χ4n) is 2.16.